The Hall–Kier alpha value is -0.140. The monoisotopic (exact) mass is 106 g/mol. The van der Waals surface area contributed by atoms with Crippen molar-refractivity contribution in [3.05, 3.63) is 13.6 Å². The molecule has 0 aliphatic rings. The van der Waals surface area contributed by atoms with Gasteiger partial charge in [0.05, 0.1) is 6.67 Å². The van der Waals surface area contributed by atoms with E-state index >= 15 is 0 Å². The molecule has 0 saturated carbocycles. The lowest BCUT2D eigenvalue weighted by molar-refractivity contribution is 0.383. The topological polar surface area (TPSA) is 0 Å². The fourth-order valence-corrected chi connectivity index (χ4v) is 0.189. The molecule has 1 unspecified atom stereocenters. The Labute approximate surface area is 42.5 Å². The van der Waals surface area contributed by atoms with Crippen molar-refractivity contribution in [2.75, 3.05) is 6.67 Å². The maximum absolute atomic E-state index is 11.3. The summed E-state index contributed by atoms with van der Waals surface area (Å²) < 4.78 is 22.4. The van der Waals surface area contributed by atoms with Crippen LogP contribution >= 0.6 is 0 Å². The molecular formula is C5H8F2. The van der Waals surface area contributed by atoms with E-state index in [1.54, 1.807) is 0 Å². The van der Waals surface area contributed by atoms with E-state index in [0.29, 0.717) is 6.67 Å². The fraction of sp³-hybridized carbons (Fsp3) is 0.600. The lowest BCUT2D eigenvalue weighted by atomic mass is 10.1. The summed E-state index contributed by atoms with van der Waals surface area (Å²) in [6, 6.07) is 0. The summed E-state index contributed by atoms with van der Waals surface area (Å²) in [5.74, 6) is -0.398. The summed E-state index contributed by atoms with van der Waals surface area (Å²) >= 11 is 0. The van der Waals surface area contributed by atoms with Crippen molar-refractivity contribution in [3.63, 3.8) is 0 Å². The smallest absolute Gasteiger partial charge is 0.132 e. The molecule has 0 aromatic rings. The maximum Gasteiger partial charge on any atom is 0.132 e. The highest BCUT2D eigenvalue weighted by Gasteiger charge is 1.98. The number of hydrogen-bond donors (Lipinski definition) is 0. The molecule has 0 amide bonds. The first-order valence-electron chi connectivity index (χ1n) is 2.12. The highest BCUT2D eigenvalue weighted by Crippen LogP contribution is 2.03. The van der Waals surface area contributed by atoms with Crippen LogP contribution < -0.4 is 0 Å². The van der Waals surface area contributed by atoms with Crippen LogP contribution in [0.1, 0.15) is 6.42 Å². The van der Waals surface area contributed by atoms with Gasteiger partial charge in [0.25, 0.3) is 0 Å². The normalized spacial score (nSPS) is 14.1. The minimum Gasteiger partial charge on any atom is -0.251 e. The van der Waals surface area contributed by atoms with E-state index in [1.807, 2.05) is 0 Å². The van der Waals surface area contributed by atoms with Crippen molar-refractivity contribution < 1.29 is 8.78 Å². The van der Waals surface area contributed by atoms with E-state index < -0.39 is 12.6 Å². The second-order valence-corrected chi connectivity index (χ2v) is 1.41. The van der Waals surface area contributed by atoms with Gasteiger partial charge in [0.15, 0.2) is 0 Å². The van der Waals surface area contributed by atoms with E-state index in [1.165, 1.54) is 0 Å². The minimum atomic E-state index is -0.541. The molecule has 0 aromatic carbocycles. The van der Waals surface area contributed by atoms with E-state index in [0.717, 1.165) is 0 Å². The fourth-order valence-electron chi connectivity index (χ4n) is 0.189. The molecule has 1 atom stereocenters. The molecule has 0 aromatic heterocycles. The standard InChI is InChI=1S/C5H8F2/c1-5(4-7)2-3-6/h3,5H,1-2,4H2. The van der Waals surface area contributed by atoms with Crippen molar-refractivity contribution >= 4 is 0 Å². The predicted molar refractivity (Wildman–Crippen MR) is 24.8 cm³/mol. The second kappa shape index (κ2) is 4.03. The van der Waals surface area contributed by atoms with Crippen LogP contribution in [0.15, 0.2) is 0 Å². The number of alkyl halides is 1. The minimum absolute atomic E-state index is 0.122. The molecule has 42 valence electrons. The molecule has 0 aliphatic heterocycles. The number of hydrogen-bond acceptors (Lipinski definition) is 0. The molecule has 0 heterocycles. The zero-order chi connectivity index (χ0) is 5.70. The molecule has 0 nitrogen and oxygen atoms in total. The summed E-state index contributed by atoms with van der Waals surface area (Å²) in [6.07, 6.45) is 0.122. The Bertz CT molecular complexity index is 37.1. The Morgan fingerprint density at radius 3 is 2.43 bits per heavy atom. The van der Waals surface area contributed by atoms with Crippen LogP contribution in [-0.4, -0.2) is 6.67 Å². The van der Waals surface area contributed by atoms with E-state index in [2.05, 4.69) is 6.92 Å². The molecule has 0 rings (SSSR count). The van der Waals surface area contributed by atoms with Gasteiger partial charge in [0.2, 0.25) is 0 Å². The summed E-state index contributed by atoms with van der Waals surface area (Å²) in [4.78, 5) is 0. The first kappa shape index (κ1) is 6.86. The van der Waals surface area contributed by atoms with Crippen molar-refractivity contribution in [1.29, 1.82) is 0 Å². The average Bonchev–Trinajstić information content (AvgIpc) is 1.68. The maximum atomic E-state index is 11.3. The van der Waals surface area contributed by atoms with Gasteiger partial charge < -0.3 is 0 Å². The molecule has 0 N–H and O–H groups in total. The summed E-state index contributed by atoms with van der Waals surface area (Å²) in [5, 5.41) is 0. The molecule has 0 aliphatic carbocycles. The van der Waals surface area contributed by atoms with E-state index in [4.69, 9.17) is 0 Å². The first-order valence-corrected chi connectivity index (χ1v) is 2.12. The lowest BCUT2D eigenvalue weighted by Crippen LogP contribution is -1.94. The third-order valence-corrected chi connectivity index (χ3v) is 0.641. The Balaban J connectivity index is 2.83. The molecule has 2 heteroatoms. The highest BCUT2D eigenvalue weighted by molar-refractivity contribution is 4.62. The van der Waals surface area contributed by atoms with Crippen LogP contribution in [0.4, 0.5) is 8.78 Å². The Morgan fingerprint density at radius 1 is 1.71 bits per heavy atom. The highest BCUT2D eigenvalue weighted by atomic mass is 19.1. The van der Waals surface area contributed by atoms with Crippen molar-refractivity contribution in [2.45, 2.75) is 6.42 Å². The van der Waals surface area contributed by atoms with Crippen LogP contribution in [0.3, 0.4) is 0 Å². The quantitative estimate of drug-likeness (QED) is 0.515. The first-order chi connectivity index (χ1) is 3.31. The predicted octanol–water partition coefficient (Wildman–Crippen LogP) is 1.93. The van der Waals surface area contributed by atoms with Crippen LogP contribution in [-0.2, 0) is 0 Å². The Morgan fingerprint density at radius 2 is 2.29 bits per heavy atom. The molecule has 7 heavy (non-hydrogen) atoms. The zero-order valence-electron chi connectivity index (χ0n) is 4.03. The molecule has 0 spiro atoms. The molecule has 0 saturated heterocycles. The largest absolute Gasteiger partial charge is 0.251 e. The van der Waals surface area contributed by atoms with E-state index in [9.17, 15) is 8.78 Å². The van der Waals surface area contributed by atoms with Crippen molar-refractivity contribution in [2.24, 2.45) is 5.92 Å². The van der Waals surface area contributed by atoms with Gasteiger partial charge in [-0.25, -0.2) is 4.39 Å². The zero-order valence-corrected chi connectivity index (χ0v) is 4.03. The lowest BCUT2D eigenvalue weighted by Gasteiger charge is -1.97. The van der Waals surface area contributed by atoms with Gasteiger partial charge in [-0.15, -0.1) is 0 Å². The number of rotatable bonds is 3. The van der Waals surface area contributed by atoms with Crippen molar-refractivity contribution in [1.82, 2.24) is 0 Å². The van der Waals surface area contributed by atoms with Gasteiger partial charge in [0.1, 0.15) is 6.67 Å². The molecule has 0 fully saturated rings. The third kappa shape index (κ3) is 3.70. The van der Waals surface area contributed by atoms with Gasteiger partial charge >= 0.3 is 0 Å². The molecule has 2 radical (unpaired) electrons. The van der Waals surface area contributed by atoms with Gasteiger partial charge in [-0.3, -0.25) is 4.39 Å². The van der Waals surface area contributed by atoms with Crippen LogP contribution in [0, 0.1) is 19.5 Å². The summed E-state index contributed by atoms with van der Waals surface area (Å²) in [6.45, 7) is 3.19. The average molecular weight is 106 g/mol. The van der Waals surface area contributed by atoms with Gasteiger partial charge in [0, 0.05) is 0 Å². The summed E-state index contributed by atoms with van der Waals surface area (Å²) in [5.41, 5.74) is 0. The third-order valence-electron chi connectivity index (χ3n) is 0.641. The van der Waals surface area contributed by atoms with Gasteiger partial charge in [-0.05, 0) is 19.3 Å². The number of halogens is 2. The van der Waals surface area contributed by atoms with Crippen LogP contribution in [0.2, 0.25) is 0 Å². The Kier molecular flexibility index (Phi) is 3.95. The SMILES string of the molecule is [CH2]C(CF)C[CH]F. The molecule has 0 bridgehead atoms. The molecular weight excluding hydrogens is 98.1 g/mol. The summed E-state index contributed by atoms with van der Waals surface area (Å²) in [7, 11) is 0. The van der Waals surface area contributed by atoms with Crippen LogP contribution in [0.25, 0.3) is 0 Å². The second-order valence-electron chi connectivity index (χ2n) is 1.41. The van der Waals surface area contributed by atoms with Gasteiger partial charge in [-0.2, -0.15) is 0 Å². The van der Waals surface area contributed by atoms with Gasteiger partial charge in [-0.1, -0.05) is 0 Å². The van der Waals surface area contributed by atoms with Crippen molar-refractivity contribution in [3.8, 4) is 0 Å². The van der Waals surface area contributed by atoms with Crippen LogP contribution in [0.5, 0.6) is 0 Å². The van der Waals surface area contributed by atoms with E-state index in [-0.39, 0.29) is 6.42 Å².